The molecule has 0 spiro atoms. The van der Waals surface area contributed by atoms with Crippen LogP contribution in [0.5, 0.6) is 0 Å². The molecule has 0 aliphatic carbocycles. The Morgan fingerprint density at radius 3 is 2.46 bits per heavy atom. The molecule has 2 aromatic carbocycles. The first-order valence-electron chi connectivity index (χ1n) is 7.91. The Labute approximate surface area is 155 Å². The van der Waals surface area contributed by atoms with Crippen LogP contribution < -0.4 is 5.73 Å². The van der Waals surface area contributed by atoms with E-state index >= 15 is 0 Å². The SMILES string of the molecule is C#Cc1nc(-c2cc(Cl)c3ncccc3c2)c(-c2ccccc2)nc1N. The number of hydrogen-bond donors (Lipinski definition) is 1. The van der Waals surface area contributed by atoms with Crippen molar-refractivity contribution in [2.24, 2.45) is 0 Å². The van der Waals surface area contributed by atoms with E-state index in [1.807, 2.05) is 54.6 Å². The highest BCUT2D eigenvalue weighted by molar-refractivity contribution is 6.35. The van der Waals surface area contributed by atoms with Crippen LogP contribution in [0.2, 0.25) is 5.02 Å². The first-order valence-corrected chi connectivity index (χ1v) is 8.29. The third-order valence-corrected chi connectivity index (χ3v) is 4.33. The molecule has 0 unspecified atom stereocenters. The van der Waals surface area contributed by atoms with Crippen molar-refractivity contribution < 1.29 is 0 Å². The van der Waals surface area contributed by atoms with Crippen LogP contribution in [0.1, 0.15) is 5.69 Å². The average molecular weight is 357 g/mol. The third kappa shape index (κ3) is 2.75. The average Bonchev–Trinajstić information content (AvgIpc) is 2.68. The van der Waals surface area contributed by atoms with Crippen LogP contribution in [0.25, 0.3) is 33.4 Å². The van der Waals surface area contributed by atoms with E-state index < -0.39 is 0 Å². The van der Waals surface area contributed by atoms with E-state index in [4.69, 9.17) is 23.8 Å². The second-order valence-corrected chi connectivity index (χ2v) is 6.11. The lowest BCUT2D eigenvalue weighted by Gasteiger charge is -2.12. The molecule has 4 aromatic rings. The topological polar surface area (TPSA) is 64.7 Å². The molecule has 0 aliphatic rings. The number of terminal acetylenes is 1. The number of pyridine rings is 1. The van der Waals surface area contributed by atoms with Gasteiger partial charge in [-0.2, -0.15) is 0 Å². The molecular weight excluding hydrogens is 344 g/mol. The minimum atomic E-state index is 0.226. The van der Waals surface area contributed by atoms with Gasteiger partial charge in [0.25, 0.3) is 0 Å². The molecule has 124 valence electrons. The second-order valence-electron chi connectivity index (χ2n) is 5.70. The Morgan fingerprint density at radius 1 is 0.923 bits per heavy atom. The van der Waals surface area contributed by atoms with Gasteiger partial charge >= 0.3 is 0 Å². The van der Waals surface area contributed by atoms with E-state index in [9.17, 15) is 0 Å². The fourth-order valence-corrected chi connectivity index (χ4v) is 3.11. The molecule has 0 radical (unpaired) electrons. The summed E-state index contributed by atoms with van der Waals surface area (Å²) in [5, 5.41) is 1.45. The summed E-state index contributed by atoms with van der Waals surface area (Å²) >= 11 is 6.44. The summed E-state index contributed by atoms with van der Waals surface area (Å²) in [6.45, 7) is 0. The molecule has 0 fully saturated rings. The van der Waals surface area contributed by atoms with Gasteiger partial charge in [-0.15, -0.1) is 6.42 Å². The van der Waals surface area contributed by atoms with Gasteiger partial charge in [0.1, 0.15) is 0 Å². The lowest BCUT2D eigenvalue weighted by molar-refractivity contribution is 1.19. The Hall–Kier alpha value is -3.42. The van der Waals surface area contributed by atoms with Crippen molar-refractivity contribution in [3.63, 3.8) is 0 Å². The maximum absolute atomic E-state index is 6.44. The number of fused-ring (bicyclic) bond motifs is 1. The lowest BCUT2D eigenvalue weighted by atomic mass is 10.0. The fraction of sp³-hybridized carbons (Fsp3) is 0. The van der Waals surface area contributed by atoms with Gasteiger partial charge in [0.2, 0.25) is 0 Å². The van der Waals surface area contributed by atoms with Gasteiger partial charge in [0, 0.05) is 22.7 Å². The molecule has 26 heavy (non-hydrogen) atoms. The summed E-state index contributed by atoms with van der Waals surface area (Å²) in [5.74, 6) is 2.72. The van der Waals surface area contributed by atoms with E-state index in [-0.39, 0.29) is 5.82 Å². The molecule has 0 saturated heterocycles. The van der Waals surface area contributed by atoms with Crippen LogP contribution in [0.4, 0.5) is 5.82 Å². The number of rotatable bonds is 2. The van der Waals surface area contributed by atoms with E-state index in [1.165, 1.54) is 0 Å². The van der Waals surface area contributed by atoms with Crippen LogP contribution in [-0.2, 0) is 0 Å². The zero-order chi connectivity index (χ0) is 18.1. The van der Waals surface area contributed by atoms with Gasteiger partial charge in [0.15, 0.2) is 11.5 Å². The summed E-state index contributed by atoms with van der Waals surface area (Å²) < 4.78 is 0. The van der Waals surface area contributed by atoms with E-state index in [0.29, 0.717) is 22.1 Å². The van der Waals surface area contributed by atoms with Gasteiger partial charge in [0.05, 0.1) is 21.9 Å². The van der Waals surface area contributed by atoms with Crippen LogP contribution in [0.15, 0.2) is 60.8 Å². The predicted octanol–water partition coefficient (Wildman–Crippen LogP) is 4.58. The van der Waals surface area contributed by atoms with Crippen molar-refractivity contribution in [3.05, 3.63) is 71.5 Å². The van der Waals surface area contributed by atoms with Crippen molar-refractivity contribution >= 4 is 28.3 Å². The van der Waals surface area contributed by atoms with E-state index in [2.05, 4.69) is 20.9 Å². The van der Waals surface area contributed by atoms with Crippen molar-refractivity contribution in [2.45, 2.75) is 0 Å². The molecular formula is C21H13ClN4. The number of nitrogens with two attached hydrogens (primary N) is 1. The molecule has 5 heteroatoms. The zero-order valence-corrected chi connectivity index (χ0v) is 14.4. The minimum absolute atomic E-state index is 0.226. The summed E-state index contributed by atoms with van der Waals surface area (Å²) in [7, 11) is 0. The Balaban J connectivity index is 2.03. The highest BCUT2D eigenvalue weighted by Gasteiger charge is 2.16. The summed E-state index contributed by atoms with van der Waals surface area (Å²) in [6, 6.07) is 17.3. The second kappa shape index (κ2) is 6.47. The number of halogens is 1. The first-order chi connectivity index (χ1) is 12.7. The molecule has 2 aromatic heterocycles. The third-order valence-electron chi connectivity index (χ3n) is 4.04. The van der Waals surface area contributed by atoms with Gasteiger partial charge < -0.3 is 5.73 Å². The number of nitrogens with zero attached hydrogens (tertiary/aromatic N) is 3. The fourth-order valence-electron chi connectivity index (χ4n) is 2.84. The Bertz CT molecular complexity index is 1160. The maximum atomic E-state index is 6.44. The van der Waals surface area contributed by atoms with Crippen LogP contribution in [0, 0.1) is 12.3 Å². The summed E-state index contributed by atoms with van der Waals surface area (Å²) in [5.41, 5.74) is 10.0. The Kier molecular flexibility index (Phi) is 4.00. The van der Waals surface area contributed by atoms with Gasteiger partial charge in [-0.05, 0) is 24.1 Å². The monoisotopic (exact) mass is 356 g/mol. The number of nitrogen functional groups attached to an aromatic ring is 1. The zero-order valence-electron chi connectivity index (χ0n) is 13.6. The largest absolute Gasteiger partial charge is 0.381 e. The molecule has 0 saturated carbocycles. The molecule has 4 rings (SSSR count). The Morgan fingerprint density at radius 2 is 1.69 bits per heavy atom. The first kappa shape index (κ1) is 16.1. The molecule has 2 N–H and O–H groups in total. The van der Waals surface area contributed by atoms with Crippen LogP contribution in [0.3, 0.4) is 0 Å². The predicted molar refractivity (Wildman–Crippen MR) is 106 cm³/mol. The standard InChI is InChI=1S/C21H13ClN4/c1-2-17-21(23)26-19(13-7-4-3-5-8-13)20(25-17)15-11-14-9-6-10-24-18(14)16(22)12-15/h1,3-12H,(H2,23,26). The highest BCUT2D eigenvalue weighted by Crippen LogP contribution is 2.34. The van der Waals surface area contributed by atoms with Crippen molar-refractivity contribution in [3.8, 4) is 34.9 Å². The molecule has 0 bridgehead atoms. The van der Waals surface area contributed by atoms with Gasteiger partial charge in [-0.3, -0.25) is 4.98 Å². The van der Waals surface area contributed by atoms with Gasteiger partial charge in [-0.1, -0.05) is 48.0 Å². The lowest BCUT2D eigenvalue weighted by Crippen LogP contribution is -2.03. The molecule has 0 atom stereocenters. The van der Waals surface area contributed by atoms with Crippen molar-refractivity contribution in [2.75, 3.05) is 5.73 Å². The number of aromatic nitrogens is 3. The normalized spacial score (nSPS) is 10.6. The quantitative estimate of drug-likeness (QED) is 0.534. The summed E-state index contributed by atoms with van der Waals surface area (Å²) in [4.78, 5) is 13.4. The van der Waals surface area contributed by atoms with Crippen molar-refractivity contribution in [1.29, 1.82) is 0 Å². The number of anilines is 1. The maximum Gasteiger partial charge on any atom is 0.158 e. The molecule has 0 amide bonds. The van der Waals surface area contributed by atoms with Crippen molar-refractivity contribution in [1.82, 2.24) is 15.0 Å². The molecule has 4 nitrogen and oxygen atoms in total. The van der Waals surface area contributed by atoms with E-state index in [0.717, 1.165) is 22.0 Å². The number of benzene rings is 2. The van der Waals surface area contributed by atoms with Crippen LogP contribution >= 0.6 is 11.6 Å². The summed E-state index contributed by atoms with van der Waals surface area (Å²) in [6.07, 6.45) is 7.25. The molecule has 0 aliphatic heterocycles. The van der Waals surface area contributed by atoms with Gasteiger partial charge in [-0.25, -0.2) is 9.97 Å². The molecule has 2 heterocycles. The van der Waals surface area contributed by atoms with Crippen LogP contribution in [-0.4, -0.2) is 15.0 Å². The number of hydrogen-bond acceptors (Lipinski definition) is 4. The van der Waals surface area contributed by atoms with E-state index in [1.54, 1.807) is 6.20 Å². The smallest absolute Gasteiger partial charge is 0.158 e. The highest BCUT2D eigenvalue weighted by atomic mass is 35.5. The minimum Gasteiger partial charge on any atom is -0.381 e.